The van der Waals surface area contributed by atoms with Gasteiger partial charge < -0.3 is 10.2 Å². The molecule has 23 heavy (non-hydrogen) atoms. The Kier molecular flexibility index (Phi) is 4.42. The summed E-state index contributed by atoms with van der Waals surface area (Å²) in [6, 6.07) is 16.0. The molecule has 0 unspecified atom stereocenters. The van der Waals surface area contributed by atoms with Gasteiger partial charge in [-0.1, -0.05) is 24.3 Å². The summed E-state index contributed by atoms with van der Waals surface area (Å²) >= 11 is 0. The zero-order valence-corrected chi connectivity index (χ0v) is 12.6. The Bertz CT molecular complexity index is 779. The van der Waals surface area contributed by atoms with Gasteiger partial charge in [0, 0.05) is 17.9 Å². The first-order valence-electron chi connectivity index (χ1n) is 7.31. The van der Waals surface area contributed by atoms with Crippen molar-refractivity contribution in [2.45, 2.75) is 6.92 Å². The average molecular weight is 309 g/mol. The van der Waals surface area contributed by atoms with Gasteiger partial charge in [0.15, 0.2) is 5.82 Å². The van der Waals surface area contributed by atoms with Crippen LogP contribution in [0.3, 0.4) is 0 Å². The first-order valence-corrected chi connectivity index (χ1v) is 7.31. The maximum atomic E-state index is 13.3. The van der Waals surface area contributed by atoms with Crippen LogP contribution in [0.25, 0.3) is 0 Å². The lowest BCUT2D eigenvalue weighted by Gasteiger charge is -2.20. The highest BCUT2D eigenvalue weighted by Crippen LogP contribution is 2.22. The summed E-state index contributed by atoms with van der Waals surface area (Å²) in [7, 11) is 0. The number of nitrogens with one attached hydrogen (secondary N) is 1. The molecule has 0 spiro atoms. The number of aromatic nitrogens is 3. The summed E-state index contributed by atoms with van der Waals surface area (Å²) in [4.78, 5) is 6.41. The molecule has 116 valence electrons. The maximum Gasteiger partial charge on any atom is 0.251 e. The Morgan fingerprint density at radius 2 is 1.91 bits per heavy atom. The van der Waals surface area contributed by atoms with Crippen molar-refractivity contribution in [3.05, 3.63) is 66.6 Å². The zero-order chi connectivity index (χ0) is 16.1. The number of anilines is 4. The van der Waals surface area contributed by atoms with Crippen LogP contribution in [0.4, 0.5) is 27.5 Å². The fourth-order valence-electron chi connectivity index (χ4n) is 2.23. The monoisotopic (exact) mass is 309 g/mol. The number of benzene rings is 2. The topological polar surface area (TPSA) is 53.9 Å². The highest BCUT2D eigenvalue weighted by Gasteiger charge is 2.11. The molecule has 0 saturated heterocycles. The van der Waals surface area contributed by atoms with Crippen molar-refractivity contribution in [1.82, 2.24) is 15.2 Å². The predicted molar refractivity (Wildman–Crippen MR) is 88.6 cm³/mol. The molecule has 0 radical (unpaired) electrons. The van der Waals surface area contributed by atoms with E-state index in [-0.39, 0.29) is 5.82 Å². The molecule has 0 aliphatic heterocycles. The van der Waals surface area contributed by atoms with Crippen LogP contribution >= 0.6 is 0 Å². The van der Waals surface area contributed by atoms with Gasteiger partial charge in [-0.3, -0.25) is 0 Å². The molecular weight excluding hydrogens is 293 g/mol. The Morgan fingerprint density at radius 1 is 1.09 bits per heavy atom. The minimum atomic E-state index is -0.309. The molecule has 1 heterocycles. The van der Waals surface area contributed by atoms with E-state index in [1.54, 1.807) is 12.1 Å². The van der Waals surface area contributed by atoms with Gasteiger partial charge in [-0.15, -0.1) is 5.10 Å². The van der Waals surface area contributed by atoms with Crippen molar-refractivity contribution in [1.29, 1.82) is 0 Å². The fourth-order valence-corrected chi connectivity index (χ4v) is 2.23. The quantitative estimate of drug-likeness (QED) is 0.774. The second-order valence-corrected chi connectivity index (χ2v) is 4.86. The van der Waals surface area contributed by atoms with Crippen molar-refractivity contribution in [2.24, 2.45) is 0 Å². The van der Waals surface area contributed by atoms with E-state index >= 15 is 0 Å². The number of hydrogen-bond donors (Lipinski definition) is 1. The number of para-hydroxylation sites is 1. The van der Waals surface area contributed by atoms with Crippen LogP contribution in [0.15, 0.2) is 60.8 Å². The van der Waals surface area contributed by atoms with E-state index in [0.717, 1.165) is 5.69 Å². The van der Waals surface area contributed by atoms with E-state index in [0.29, 0.717) is 24.0 Å². The van der Waals surface area contributed by atoms with Crippen molar-refractivity contribution in [3.8, 4) is 0 Å². The highest BCUT2D eigenvalue weighted by atomic mass is 19.1. The maximum absolute atomic E-state index is 13.3. The van der Waals surface area contributed by atoms with Crippen LogP contribution in [0.2, 0.25) is 0 Å². The van der Waals surface area contributed by atoms with Crippen LogP contribution < -0.4 is 10.2 Å². The predicted octanol–water partition coefficient (Wildman–Crippen LogP) is 3.91. The third kappa shape index (κ3) is 3.60. The second-order valence-electron chi connectivity index (χ2n) is 4.86. The van der Waals surface area contributed by atoms with Crippen molar-refractivity contribution >= 4 is 23.1 Å². The third-order valence-corrected chi connectivity index (χ3v) is 3.27. The van der Waals surface area contributed by atoms with Gasteiger partial charge >= 0.3 is 0 Å². The lowest BCUT2D eigenvalue weighted by molar-refractivity contribution is 0.628. The lowest BCUT2D eigenvalue weighted by Crippen LogP contribution is -2.19. The Labute approximate surface area is 133 Å². The molecule has 0 aliphatic carbocycles. The lowest BCUT2D eigenvalue weighted by atomic mass is 10.3. The summed E-state index contributed by atoms with van der Waals surface area (Å²) in [6.45, 7) is 2.72. The summed E-state index contributed by atoms with van der Waals surface area (Å²) in [5.74, 6) is 0.687. The standard InChI is InChI=1S/C17H16FN5/c1-2-23(15-9-4-3-5-10-15)17-21-16(12-19-22-17)20-14-8-6-7-13(18)11-14/h3-12H,2H2,1H3,(H,20,21,22). The minimum absolute atomic E-state index is 0.309. The molecule has 1 aromatic heterocycles. The van der Waals surface area contributed by atoms with E-state index in [1.807, 2.05) is 42.2 Å². The van der Waals surface area contributed by atoms with E-state index in [4.69, 9.17) is 0 Å². The number of hydrogen-bond acceptors (Lipinski definition) is 5. The van der Waals surface area contributed by atoms with Crippen LogP contribution in [0.1, 0.15) is 6.92 Å². The van der Waals surface area contributed by atoms with Gasteiger partial charge in [-0.05, 0) is 37.3 Å². The molecule has 0 saturated carbocycles. The Balaban J connectivity index is 1.87. The molecule has 3 rings (SSSR count). The normalized spacial score (nSPS) is 10.3. The van der Waals surface area contributed by atoms with Crippen molar-refractivity contribution in [2.75, 3.05) is 16.8 Å². The highest BCUT2D eigenvalue weighted by molar-refractivity contribution is 5.60. The zero-order valence-electron chi connectivity index (χ0n) is 12.6. The fraction of sp³-hybridized carbons (Fsp3) is 0.118. The SMILES string of the molecule is CCN(c1ccccc1)c1nncc(Nc2cccc(F)c2)n1. The number of halogens is 1. The van der Waals surface area contributed by atoms with Crippen LogP contribution in [0.5, 0.6) is 0 Å². The summed E-state index contributed by atoms with van der Waals surface area (Å²) in [5.41, 5.74) is 1.60. The van der Waals surface area contributed by atoms with Gasteiger partial charge in [0.25, 0.3) is 5.95 Å². The Morgan fingerprint density at radius 3 is 2.65 bits per heavy atom. The van der Waals surface area contributed by atoms with Crippen molar-refractivity contribution in [3.63, 3.8) is 0 Å². The molecule has 0 bridgehead atoms. The molecular formula is C17H16FN5. The van der Waals surface area contributed by atoms with Gasteiger partial charge in [0.1, 0.15) is 5.82 Å². The molecule has 0 fully saturated rings. The molecule has 2 aromatic carbocycles. The first kappa shape index (κ1) is 14.9. The van der Waals surface area contributed by atoms with Gasteiger partial charge in [0.05, 0.1) is 6.20 Å². The molecule has 0 atom stereocenters. The molecule has 3 aromatic rings. The largest absolute Gasteiger partial charge is 0.339 e. The van der Waals surface area contributed by atoms with Gasteiger partial charge in [-0.25, -0.2) is 4.39 Å². The van der Waals surface area contributed by atoms with E-state index < -0.39 is 0 Å². The molecule has 1 N–H and O–H groups in total. The number of nitrogens with zero attached hydrogens (tertiary/aromatic N) is 4. The number of rotatable bonds is 5. The van der Waals surface area contributed by atoms with Crippen LogP contribution in [0, 0.1) is 5.82 Å². The molecule has 0 aliphatic rings. The van der Waals surface area contributed by atoms with Crippen LogP contribution in [-0.4, -0.2) is 21.7 Å². The molecule has 5 nitrogen and oxygen atoms in total. The summed E-state index contributed by atoms with van der Waals surface area (Å²) in [5, 5.41) is 11.1. The molecule has 0 amide bonds. The van der Waals surface area contributed by atoms with E-state index in [2.05, 4.69) is 20.5 Å². The van der Waals surface area contributed by atoms with Crippen LogP contribution in [-0.2, 0) is 0 Å². The van der Waals surface area contributed by atoms with Crippen molar-refractivity contribution < 1.29 is 4.39 Å². The van der Waals surface area contributed by atoms with E-state index in [9.17, 15) is 4.39 Å². The van der Waals surface area contributed by atoms with Gasteiger partial charge in [-0.2, -0.15) is 10.1 Å². The first-order chi connectivity index (χ1) is 11.3. The minimum Gasteiger partial charge on any atom is -0.339 e. The third-order valence-electron chi connectivity index (χ3n) is 3.27. The summed E-state index contributed by atoms with van der Waals surface area (Å²) in [6.07, 6.45) is 1.51. The smallest absolute Gasteiger partial charge is 0.251 e. The second kappa shape index (κ2) is 6.83. The van der Waals surface area contributed by atoms with Gasteiger partial charge in [0.2, 0.25) is 0 Å². The van der Waals surface area contributed by atoms with E-state index in [1.165, 1.54) is 18.3 Å². The summed E-state index contributed by atoms with van der Waals surface area (Å²) < 4.78 is 13.3. The average Bonchev–Trinajstić information content (AvgIpc) is 2.57. The molecule has 6 heteroatoms. The Hall–Kier alpha value is -3.02.